The Morgan fingerprint density at radius 3 is 3.00 bits per heavy atom. The molecule has 1 aromatic heterocycles. The lowest BCUT2D eigenvalue weighted by Gasteiger charge is -1.92. The number of amides is 1. The van der Waals surface area contributed by atoms with E-state index in [1.165, 1.54) is 6.20 Å². The molecule has 0 saturated heterocycles. The number of carbonyl (C=O) groups is 1. The number of pyridine rings is 1. The van der Waals surface area contributed by atoms with E-state index in [-0.39, 0.29) is 17.1 Å². The molecule has 0 aliphatic carbocycles. The van der Waals surface area contributed by atoms with Gasteiger partial charge in [0.1, 0.15) is 5.69 Å². The molecule has 1 rings (SSSR count). The van der Waals surface area contributed by atoms with Crippen LogP contribution >= 0.6 is 11.6 Å². The van der Waals surface area contributed by atoms with Gasteiger partial charge in [-0.1, -0.05) is 17.5 Å². The highest BCUT2D eigenvalue weighted by Crippen LogP contribution is 2.10. The van der Waals surface area contributed by atoms with Crippen molar-refractivity contribution in [1.82, 2.24) is 4.98 Å². The van der Waals surface area contributed by atoms with Crippen LogP contribution in [0.3, 0.4) is 0 Å². The van der Waals surface area contributed by atoms with Gasteiger partial charge in [0.05, 0.1) is 11.4 Å². The number of hydrogen-bond donors (Lipinski definition) is 1. The van der Waals surface area contributed by atoms with Gasteiger partial charge in [-0.15, -0.1) is 0 Å². The molecule has 0 spiro atoms. The summed E-state index contributed by atoms with van der Waals surface area (Å²) in [4.78, 5) is 14.0. The van der Waals surface area contributed by atoms with Crippen LogP contribution in [0.25, 0.3) is 0 Å². The van der Waals surface area contributed by atoms with Gasteiger partial charge in [0.25, 0.3) is 0 Å². The summed E-state index contributed by atoms with van der Waals surface area (Å²) < 4.78 is 13.0. The third-order valence-electron chi connectivity index (χ3n) is 1.28. The van der Waals surface area contributed by atoms with Gasteiger partial charge in [-0.05, 0) is 12.0 Å². The van der Waals surface area contributed by atoms with Crippen molar-refractivity contribution in [1.29, 1.82) is 0 Å². The summed E-state index contributed by atoms with van der Waals surface area (Å²) in [5.41, 5.74) is 4.80. The fraction of sp³-hybridized carbons (Fsp3) is 0.111. The Morgan fingerprint density at radius 2 is 2.43 bits per heavy atom. The monoisotopic (exact) mass is 212 g/mol. The van der Waals surface area contributed by atoms with Crippen molar-refractivity contribution in [2.75, 3.05) is 0 Å². The molecular formula is C9H6ClFN2O. The van der Waals surface area contributed by atoms with Crippen LogP contribution in [0.1, 0.15) is 12.1 Å². The minimum Gasteiger partial charge on any atom is -0.369 e. The van der Waals surface area contributed by atoms with E-state index in [0.29, 0.717) is 0 Å². The van der Waals surface area contributed by atoms with Crippen LogP contribution < -0.4 is 5.73 Å². The van der Waals surface area contributed by atoms with Crippen LogP contribution in [-0.4, -0.2) is 10.9 Å². The van der Waals surface area contributed by atoms with E-state index in [4.69, 9.17) is 17.3 Å². The molecular weight excluding hydrogens is 207 g/mol. The van der Waals surface area contributed by atoms with Gasteiger partial charge < -0.3 is 5.73 Å². The zero-order chi connectivity index (χ0) is 10.6. The molecule has 1 amide bonds. The Hall–Kier alpha value is -1.60. The molecule has 0 bridgehead atoms. The number of aromatic nitrogens is 1. The zero-order valence-corrected chi connectivity index (χ0v) is 7.81. The first-order chi connectivity index (χ1) is 6.59. The van der Waals surface area contributed by atoms with E-state index in [1.54, 1.807) is 0 Å². The van der Waals surface area contributed by atoms with Gasteiger partial charge in [-0.3, -0.25) is 4.79 Å². The molecule has 0 aliphatic heterocycles. The van der Waals surface area contributed by atoms with E-state index < -0.39 is 11.7 Å². The van der Waals surface area contributed by atoms with E-state index >= 15 is 0 Å². The average molecular weight is 213 g/mol. The highest BCUT2D eigenvalue weighted by atomic mass is 35.5. The van der Waals surface area contributed by atoms with Gasteiger partial charge in [0.2, 0.25) is 5.91 Å². The highest BCUT2D eigenvalue weighted by Gasteiger charge is 2.00. The van der Waals surface area contributed by atoms with E-state index in [0.717, 1.165) is 6.07 Å². The summed E-state index contributed by atoms with van der Waals surface area (Å²) in [6, 6.07) is 1.10. The molecule has 0 radical (unpaired) electrons. The third kappa shape index (κ3) is 3.04. The second-order valence-corrected chi connectivity index (χ2v) is 2.87. The van der Waals surface area contributed by atoms with Crippen LogP contribution in [0, 0.1) is 17.7 Å². The van der Waals surface area contributed by atoms with E-state index in [9.17, 15) is 9.18 Å². The maximum absolute atomic E-state index is 13.0. The van der Waals surface area contributed by atoms with Crippen LogP contribution in [0.4, 0.5) is 4.39 Å². The first-order valence-electron chi connectivity index (χ1n) is 3.68. The van der Waals surface area contributed by atoms with Gasteiger partial charge in [0.15, 0.2) is 5.82 Å². The maximum Gasteiger partial charge on any atom is 0.229 e. The highest BCUT2D eigenvalue weighted by molar-refractivity contribution is 6.30. The SMILES string of the molecule is NC(=O)CC#Cc1ncc(Cl)cc1F. The first kappa shape index (κ1) is 10.5. The number of halogens is 2. The number of rotatable bonds is 1. The lowest BCUT2D eigenvalue weighted by Crippen LogP contribution is -2.08. The second kappa shape index (κ2) is 4.58. The number of nitrogens with two attached hydrogens (primary N) is 1. The molecule has 0 aliphatic rings. The van der Waals surface area contributed by atoms with Crippen LogP contribution in [0.15, 0.2) is 12.3 Å². The molecule has 1 heterocycles. The summed E-state index contributed by atoms with van der Waals surface area (Å²) in [5, 5.41) is 0.197. The molecule has 2 N–H and O–H groups in total. The quantitative estimate of drug-likeness (QED) is 0.709. The Balaban J connectivity index is 2.85. The summed E-state index contributed by atoms with van der Waals surface area (Å²) in [6.07, 6.45) is 1.16. The van der Waals surface area contributed by atoms with Crippen LogP contribution in [0.5, 0.6) is 0 Å². The standard InChI is InChI=1S/C9H6ClFN2O/c10-6-4-7(11)8(13-5-6)2-1-3-9(12)14/h4-5H,3H2,(H2,12,14). The third-order valence-corrected chi connectivity index (χ3v) is 1.48. The number of hydrogen-bond acceptors (Lipinski definition) is 2. The zero-order valence-electron chi connectivity index (χ0n) is 7.05. The smallest absolute Gasteiger partial charge is 0.229 e. The largest absolute Gasteiger partial charge is 0.369 e. The molecule has 72 valence electrons. The number of carbonyl (C=O) groups excluding carboxylic acids is 1. The molecule has 5 heteroatoms. The lowest BCUT2D eigenvalue weighted by atomic mass is 10.3. The predicted molar refractivity (Wildman–Crippen MR) is 49.9 cm³/mol. The molecule has 0 atom stereocenters. The minimum atomic E-state index is -0.616. The van der Waals surface area contributed by atoms with Crippen molar-refractivity contribution in [2.45, 2.75) is 6.42 Å². The summed E-state index contributed by atoms with van der Waals surface area (Å²) >= 11 is 5.48. The van der Waals surface area contributed by atoms with E-state index in [1.807, 2.05) is 0 Å². The minimum absolute atomic E-state index is 0.0457. The van der Waals surface area contributed by atoms with Crippen molar-refractivity contribution >= 4 is 17.5 Å². The normalized spacial score (nSPS) is 9.00. The van der Waals surface area contributed by atoms with Crippen LogP contribution in [0.2, 0.25) is 5.02 Å². The summed E-state index contributed by atoms with van der Waals surface area (Å²) in [5.74, 6) is 3.59. The van der Waals surface area contributed by atoms with Crippen molar-refractivity contribution in [2.24, 2.45) is 5.73 Å². The molecule has 14 heavy (non-hydrogen) atoms. The first-order valence-corrected chi connectivity index (χ1v) is 4.05. The molecule has 0 saturated carbocycles. The van der Waals surface area contributed by atoms with Crippen molar-refractivity contribution in [3.63, 3.8) is 0 Å². The molecule has 0 fully saturated rings. The maximum atomic E-state index is 13.0. The van der Waals surface area contributed by atoms with Gasteiger partial charge in [-0.2, -0.15) is 0 Å². The molecule has 0 unspecified atom stereocenters. The Bertz CT molecular complexity index is 423. The Labute approximate surface area is 85.1 Å². The Kier molecular flexibility index (Phi) is 3.43. The molecule has 3 nitrogen and oxygen atoms in total. The number of nitrogens with zero attached hydrogens (tertiary/aromatic N) is 1. The summed E-state index contributed by atoms with van der Waals surface area (Å²) in [6.45, 7) is 0. The number of primary amides is 1. The van der Waals surface area contributed by atoms with Crippen molar-refractivity contribution in [3.8, 4) is 11.8 Å². The van der Waals surface area contributed by atoms with Gasteiger partial charge in [0, 0.05) is 6.20 Å². The summed E-state index contributed by atoms with van der Waals surface area (Å²) in [7, 11) is 0. The molecule has 0 aromatic carbocycles. The fourth-order valence-electron chi connectivity index (χ4n) is 0.722. The Morgan fingerprint density at radius 1 is 1.71 bits per heavy atom. The van der Waals surface area contributed by atoms with Crippen molar-refractivity contribution < 1.29 is 9.18 Å². The van der Waals surface area contributed by atoms with Gasteiger partial charge >= 0.3 is 0 Å². The van der Waals surface area contributed by atoms with Crippen LogP contribution in [-0.2, 0) is 4.79 Å². The molecule has 1 aromatic rings. The van der Waals surface area contributed by atoms with E-state index in [2.05, 4.69) is 16.8 Å². The second-order valence-electron chi connectivity index (χ2n) is 2.43. The predicted octanol–water partition coefficient (Wildman–Crippen LogP) is 1.10. The van der Waals surface area contributed by atoms with Crippen molar-refractivity contribution in [3.05, 3.63) is 28.8 Å². The van der Waals surface area contributed by atoms with Gasteiger partial charge in [-0.25, -0.2) is 9.37 Å². The topological polar surface area (TPSA) is 56.0 Å². The fourth-order valence-corrected chi connectivity index (χ4v) is 0.866. The lowest BCUT2D eigenvalue weighted by molar-refractivity contribution is -0.117. The average Bonchev–Trinajstić information content (AvgIpc) is 2.08.